The molecule has 1 aromatic carbocycles. The normalized spacial score (nSPS) is 15.9. The average Bonchev–Trinajstić information content (AvgIpc) is 3.19. The minimum atomic E-state index is -0.389. The second kappa shape index (κ2) is 8.26. The number of thiophene rings is 2. The Morgan fingerprint density at radius 1 is 1.28 bits per heavy atom. The highest BCUT2D eigenvalue weighted by Gasteiger charge is 2.30. The second-order valence-electron chi connectivity index (χ2n) is 7.09. The van der Waals surface area contributed by atoms with Crippen molar-refractivity contribution in [1.29, 1.82) is 0 Å². The van der Waals surface area contributed by atoms with Crippen molar-refractivity contribution < 1.29 is 14.3 Å². The van der Waals surface area contributed by atoms with Gasteiger partial charge in [0.1, 0.15) is 9.88 Å². The number of halogens is 2. The Morgan fingerprint density at radius 3 is 2.79 bits per heavy atom. The minimum Gasteiger partial charge on any atom is -0.462 e. The van der Waals surface area contributed by atoms with E-state index in [-0.39, 0.29) is 18.5 Å². The van der Waals surface area contributed by atoms with Gasteiger partial charge in [0.25, 0.3) is 5.91 Å². The first-order valence-electron chi connectivity index (χ1n) is 9.40. The number of carbonyl (C=O) groups excluding carboxylic acids is 2. The zero-order valence-corrected chi connectivity index (χ0v) is 19.1. The van der Waals surface area contributed by atoms with Crippen LogP contribution in [-0.4, -0.2) is 18.5 Å². The molecule has 1 atom stereocenters. The molecule has 1 amide bonds. The maximum Gasteiger partial charge on any atom is 0.341 e. The van der Waals surface area contributed by atoms with Crippen LogP contribution in [0.5, 0.6) is 0 Å². The Bertz CT molecular complexity index is 1120. The van der Waals surface area contributed by atoms with Crippen molar-refractivity contribution in [3.05, 3.63) is 49.1 Å². The summed E-state index contributed by atoms with van der Waals surface area (Å²) in [6, 6.07) is 5.45. The maximum absolute atomic E-state index is 13.1. The maximum atomic E-state index is 13.1. The van der Waals surface area contributed by atoms with Crippen LogP contribution in [-0.2, 0) is 17.6 Å². The van der Waals surface area contributed by atoms with Crippen molar-refractivity contribution in [1.82, 2.24) is 0 Å². The van der Waals surface area contributed by atoms with Gasteiger partial charge < -0.3 is 10.1 Å². The number of nitrogens with one attached hydrogen (secondary N) is 1. The van der Waals surface area contributed by atoms with Crippen LogP contribution in [0.25, 0.3) is 10.1 Å². The first-order valence-corrected chi connectivity index (χ1v) is 11.8. The van der Waals surface area contributed by atoms with E-state index in [0.29, 0.717) is 36.8 Å². The van der Waals surface area contributed by atoms with E-state index in [9.17, 15) is 9.59 Å². The quantitative estimate of drug-likeness (QED) is 0.428. The van der Waals surface area contributed by atoms with Crippen molar-refractivity contribution in [2.75, 3.05) is 11.9 Å². The van der Waals surface area contributed by atoms with Gasteiger partial charge in [-0.3, -0.25) is 4.79 Å². The van der Waals surface area contributed by atoms with Gasteiger partial charge in [0.05, 0.1) is 22.2 Å². The molecule has 4 nitrogen and oxygen atoms in total. The van der Waals surface area contributed by atoms with E-state index < -0.39 is 0 Å². The molecule has 0 unspecified atom stereocenters. The number of esters is 1. The first kappa shape index (κ1) is 20.7. The van der Waals surface area contributed by atoms with E-state index in [2.05, 4.69) is 12.2 Å². The van der Waals surface area contributed by atoms with Crippen molar-refractivity contribution >= 4 is 72.8 Å². The minimum absolute atomic E-state index is 0.286. The van der Waals surface area contributed by atoms with Gasteiger partial charge in [-0.15, -0.1) is 22.7 Å². The van der Waals surface area contributed by atoms with Gasteiger partial charge in [0, 0.05) is 15.0 Å². The monoisotopic (exact) mass is 467 g/mol. The van der Waals surface area contributed by atoms with E-state index in [1.54, 1.807) is 13.0 Å². The number of ether oxygens (including phenoxy) is 1. The predicted molar refractivity (Wildman–Crippen MR) is 121 cm³/mol. The summed E-state index contributed by atoms with van der Waals surface area (Å²) in [6.07, 6.45) is 2.74. The lowest BCUT2D eigenvalue weighted by atomic mass is 9.88. The predicted octanol–water partition coefficient (Wildman–Crippen LogP) is 6.82. The molecule has 1 aliphatic carbocycles. The molecule has 0 radical (unpaired) electrons. The highest BCUT2D eigenvalue weighted by Crippen LogP contribution is 2.42. The molecule has 152 valence electrons. The lowest BCUT2D eigenvalue weighted by Gasteiger charge is -2.18. The molecule has 4 rings (SSSR count). The molecule has 0 saturated heterocycles. The number of amides is 1. The van der Waals surface area contributed by atoms with Gasteiger partial charge in [-0.2, -0.15) is 0 Å². The highest BCUT2D eigenvalue weighted by molar-refractivity contribution is 7.22. The molecule has 0 saturated carbocycles. The SMILES string of the molecule is CCOC(=O)c1c(NC(=O)c2sc3cccc(Cl)c3c2Cl)sc2c1CC[C@@H](C)C2. The molecule has 0 bridgehead atoms. The third kappa shape index (κ3) is 3.79. The summed E-state index contributed by atoms with van der Waals surface area (Å²) < 4.78 is 6.12. The summed E-state index contributed by atoms with van der Waals surface area (Å²) in [5, 5.41) is 4.98. The Morgan fingerprint density at radius 2 is 2.07 bits per heavy atom. The summed E-state index contributed by atoms with van der Waals surface area (Å²) in [5.41, 5.74) is 1.50. The first-order chi connectivity index (χ1) is 13.9. The van der Waals surface area contributed by atoms with Crippen LogP contribution in [0.1, 0.15) is 50.7 Å². The molecule has 29 heavy (non-hydrogen) atoms. The standard InChI is InChI=1S/C21H19Cl2NO3S2/c1-3-27-21(26)15-11-8-7-10(2)9-14(11)29-20(15)24-19(25)18-17(23)16-12(22)5-4-6-13(16)28-18/h4-6,10H,3,7-9H2,1-2H3,(H,24,25)/t10-/m1/s1. The van der Waals surface area contributed by atoms with Crippen LogP contribution in [0.15, 0.2) is 18.2 Å². The van der Waals surface area contributed by atoms with Crippen molar-refractivity contribution in [3.8, 4) is 0 Å². The summed E-state index contributed by atoms with van der Waals surface area (Å²) in [7, 11) is 0. The zero-order valence-electron chi connectivity index (χ0n) is 15.9. The van der Waals surface area contributed by atoms with Crippen LogP contribution in [0.2, 0.25) is 10.0 Å². The molecule has 1 aliphatic rings. The Hall–Kier alpha value is -1.60. The summed E-state index contributed by atoms with van der Waals surface area (Å²) in [4.78, 5) is 27.2. The van der Waals surface area contributed by atoms with Gasteiger partial charge >= 0.3 is 5.97 Å². The van der Waals surface area contributed by atoms with Gasteiger partial charge in [-0.05, 0) is 49.8 Å². The topological polar surface area (TPSA) is 55.4 Å². The van der Waals surface area contributed by atoms with Crippen LogP contribution in [0.4, 0.5) is 5.00 Å². The third-order valence-electron chi connectivity index (χ3n) is 5.03. The number of carbonyl (C=O) groups is 2. The van der Waals surface area contributed by atoms with E-state index in [1.165, 1.54) is 22.7 Å². The fourth-order valence-electron chi connectivity index (χ4n) is 3.63. The van der Waals surface area contributed by atoms with Crippen molar-refractivity contribution in [2.24, 2.45) is 5.92 Å². The van der Waals surface area contributed by atoms with Crippen LogP contribution in [0, 0.1) is 5.92 Å². The van der Waals surface area contributed by atoms with Gasteiger partial charge in [0.2, 0.25) is 0 Å². The van der Waals surface area contributed by atoms with E-state index in [0.717, 1.165) is 34.4 Å². The highest BCUT2D eigenvalue weighted by atomic mass is 35.5. The molecule has 2 aromatic heterocycles. The van der Waals surface area contributed by atoms with E-state index >= 15 is 0 Å². The average molecular weight is 468 g/mol. The molecule has 2 heterocycles. The number of rotatable bonds is 4. The molecule has 0 aliphatic heterocycles. The number of benzene rings is 1. The summed E-state index contributed by atoms with van der Waals surface area (Å²) in [6.45, 7) is 4.26. The molecule has 1 N–H and O–H groups in total. The van der Waals surface area contributed by atoms with E-state index in [1.807, 2.05) is 12.1 Å². The third-order valence-corrected chi connectivity index (χ3v) is 8.16. The van der Waals surface area contributed by atoms with E-state index in [4.69, 9.17) is 27.9 Å². The Balaban J connectivity index is 1.72. The molecule has 3 aromatic rings. The van der Waals surface area contributed by atoms with Crippen LogP contribution < -0.4 is 5.32 Å². The zero-order chi connectivity index (χ0) is 20.7. The Labute approximate surface area is 186 Å². The smallest absolute Gasteiger partial charge is 0.341 e. The molecule has 8 heteroatoms. The second-order valence-corrected chi connectivity index (χ2v) is 10.0. The largest absolute Gasteiger partial charge is 0.462 e. The van der Waals surface area contributed by atoms with Gasteiger partial charge in [-0.1, -0.05) is 36.2 Å². The Kier molecular flexibility index (Phi) is 5.89. The van der Waals surface area contributed by atoms with Crippen molar-refractivity contribution in [2.45, 2.75) is 33.1 Å². The van der Waals surface area contributed by atoms with Gasteiger partial charge in [0.15, 0.2) is 0 Å². The molecule has 0 fully saturated rings. The molecular formula is C21H19Cl2NO3S2. The lowest BCUT2D eigenvalue weighted by Crippen LogP contribution is -2.16. The van der Waals surface area contributed by atoms with Crippen molar-refractivity contribution in [3.63, 3.8) is 0 Å². The molecular weight excluding hydrogens is 449 g/mol. The summed E-state index contributed by atoms with van der Waals surface area (Å²) in [5.74, 6) is -0.177. The van der Waals surface area contributed by atoms with Crippen LogP contribution >= 0.6 is 45.9 Å². The molecule has 0 spiro atoms. The number of anilines is 1. The number of hydrogen-bond donors (Lipinski definition) is 1. The lowest BCUT2D eigenvalue weighted by molar-refractivity contribution is 0.0526. The van der Waals surface area contributed by atoms with Gasteiger partial charge in [-0.25, -0.2) is 4.79 Å². The number of fused-ring (bicyclic) bond motifs is 2. The van der Waals surface area contributed by atoms with Crippen LogP contribution in [0.3, 0.4) is 0 Å². The number of hydrogen-bond acceptors (Lipinski definition) is 5. The summed E-state index contributed by atoms with van der Waals surface area (Å²) >= 11 is 15.5. The fraction of sp³-hybridized carbons (Fsp3) is 0.333. The fourth-order valence-corrected chi connectivity index (χ4v) is 6.88.